The maximum Gasteiger partial charge on any atom is 0.357 e. The molecule has 5 nitrogen and oxygen atoms in total. The number of hydrogen-bond acceptors (Lipinski definition) is 5. The predicted molar refractivity (Wildman–Crippen MR) is 84.6 cm³/mol. The lowest BCUT2D eigenvalue weighted by Crippen LogP contribution is -2.10. The summed E-state index contributed by atoms with van der Waals surface area (Å²) in [5.74, 6) is -0.0966. The molecule has 0 aliphatic heterocycles. The van der Waals surface area contributed by atoms with Gasteiger partial charge in [-0.05, 0) is 34.5 Å². The Kier molecular flexibility index (Phi) is 5.68. The topological polar surface area (TPSA) is 64.1 Å². The van der Waals surface area contributed by atoms with Crippen LogP contribution in [0, 0.1) is 0 Å². The molecule has 0 spiro atoms. The normalized spacial score (nSPS) is 10.2. The zero-order valence-electron chi connectivity index (χ0n) is 11.7. The largest absolute Gasteiger partial charge is 0.461 e. The number of carbonyl (C=O) groups excluding carboxylic acids is 1. The van der Waals surface area contributed by atoms with Crippen molar-refractivity contribution < 1.29 is 9.53 Å². The monoisotopic (exact) mass is 349 g/mol. The number of rotatable bonds is 6. The minimum Gasteiger partial charge on any atom is -0.461 e. The van der Waals surface area contributed by atoms with Gasteiger partial charge in [-0.25, -0.2) is 14.8 Å². The molecule has 0 bridgehead atoms. The van der Waals surface area contributed by atoms with Gasteiger partial charge in [0.2, 0.25) is 5.95 Å². The van der Waals surface area contributed by atoms with Crippen LogP contribution in [0.25, 0.3) is 0 Å². The van der Waals surface area contributed by atoms with Crippen LogP contribution in [0.4, 0.5) is 11.6 Å². The Hall–Kier alpha value is -1.95. The average Bonchev–Trinajstić information content (AvgIpc) is 2.48. The molecule has 0 aliphatic carbocycles. The highest BCUT2D eigenvalue weighted by Gasteiger charge is 2.12. The molecule has 0 fully saturated rings. The molecular formula is C15H16BrN3O2. The van der Waals surface area contributed by atoms with Gasteiger partial charge in [0.25, 0.3) is 0 Å². The van der Waals surface area contributed by atoms with Gasteiger partial charge in [0.05, 0.1) is 6.61 Å². The molecular weight excluding hydrogens is 334 g/mol. The Balaban J connectivity index is 2.11. The first-order valence-electron chi connectivity index (χ1n) is 6.73. The number of ether oxygens (including phenoxy) is 1. The zero-order valence-corrected chi connectivity index (χ0v) is 13.3. The van der Waals surface area contributed by atoms with Crippen molar-refractivity contribution in [1.82, 2.24) is 9.97 Å². The lowest BCUT2D eigenvalue weighted by atomic mass is 10.3. The third-order valence-electron chi connectivity index (χ3n) is 2.67. The van der Waals surface area contributed by atoms with E-state index in [2.05, 4.69) is 31.2 Å². The Morgan fingerprint density at radius 2 is 2.05 bits per heavy atom. The standard InChI is InChI=1S/C15H16BrN3O2/c1-2-3-9-21-14(20)12-10-13(16)19-15(18-12)17-11-7-5-4-6-8-11/h4-8,10H,2-3,9H2,1H3,(H,17,18,19). The summed E-state index contributed by atoms with van der Waals surface area (Å²) >= 11 is 3.28. The second-order valence-electron chi connectivity index (χ2n) is 4.38. The fourth-order valence-electron chi connectivity index (χ4n) is 1.61. The second-order valence-corrected chi connectivity index (χ2v) is 5.19. The number of anilines is 2. The molecule has 1 N–H and O–H groups in total. The fraction of sp³-hybridized carbons (Fsp3) is 0.267. The Morgan fingerprint density at radius 3 is 2.76 bits per heavy atom. The van der Waals surface area contributed by atoms with E-state index >= 15 is 0 Å². The second kappa shape index (κ2) is 7.73. The minimum absolute atomic E-state index is 0.228. The third kappa shape index (κ3) is 4.82. The summed E-state index contributed by atoms with van der Waals surface area (Å²) in [4.78, 5) is 20.3. The first-order chi connectivity index (χ1) is 10.2. The summed E-state index contributed by atoms with van der Waals surface area (Å²) in [7, 11) is 0. The molecule has 21 heavy (non-hydrogen) atoms. The van der Waals surface area contributed by atoms with Crippen LogP contribution in [0.1, 0.15) is 30.3 Å². The van der Waals surface area contributed by atoms with Crippen molar-refractivity contribution in [2.24, 2.45) is 0 Å². The quantitative estimate of drug-likeness (QED) is 0.486. The molecule has 1 aromatic carbocycles. The van der Waals surface area contributed by atoms with Crippen LogP contribution in [-0.4, -0.2) is 22.5 Å². The van der Waals surface area contributed by atoms with E-state index in [0.29, 0.717) is 17.2 Å². The van der Waals surface area contributed by atoms with E-state index < -0.39 is 5.97 Å². The summed E-state index contributed by atoms with van der Waals surface area (Å²) in [5, 5.41) is 3.05. The molecule has 110 valence electrons. The number of aromatic nitrogens is 2. The highest BCUT2D eigenvalue weighted by Crippen LogP contribution is 2.16. The van der Waals surface area contributed by atoms with Gasteiger partial charge in [0.1, 0.15) is 4.60 Å². The first-order valence-corrected chi connectivity index (χ1v) is 7.52. The van der Waals surface area contributed by atoms with Crippen molar-refractivity contribution >= 4 is 33.5 Å². The van der Waals surface area contributed by atoms with Gasteiger partial charge in [-0.2, -0.15) is 0 Å². The molecule has 0 saturated heterocycles. The number of halogens is 1. The molecule has 1 aromatic heterocycles. The SMILES string of the molecule is CCCCOC(=O)c1cc(Br)nc(Nc2ccccc2)n1. The molecule has 0 saturated carbocycles. The molecule has 0 radical (unpaired) electrons. The summed E-state index contributed by atoms with van der Waals surface area (Å²) in [6.07, 6.45) is 1.81. The Morgan fingerprint density at radius 1 is 1.29 bits per heavy atom. The smallest absolute Gasteiger partial charge is 0.357 e. The number of nitrogens with one attached hydrogen (secondary N) is 1. The van der Waals surface area contributed by atoms with Gasteiger partial charge >= 0.3 is 5.97 Å². The van der Waals surface area contributed by atoms with Gasteiger partial charge in [-0.15, -0.1) is 0 Å². The van der Waals surface area contributed by atoms with Crippen molar-refractivity contribution in [3.63, 3.8) is 0 Å². The van der Waals surface area contributed by atoms with E-state index in [1.54, 1.807) is 6.07 Å². The third-order valence-corrected chi connectivity index (χ3v) is 3.07. The van der Waals surface area contributed by atoms with Gasteiger partial charge < -0.3 is 10.1 Å². The molecule has 0 amide bonds. The number of benzene rings is 1. The molecule has 0 unspecified atom stereocenters. The number of nitrogens with zero attached hydrogens (tertiary/aromatic N) is 2. The number of carbonyl (C=O) groups is 1. The molecule has 1 heterocycles. The summed E-state index contributed by atoms with van der Waals surface area (Å²) < 4.78 is 5.68. The summed E-state index contributed by atoms with van der Waals surface area (Å²) in [6.45, 7) is 2.44. The van der Waals surface area contributed by atoms with Crippen molar-refractivity contribution in [2.45, 2.75) is 19.8 Å². The van der Waals surface area contributed by atoms with Crippen molar-refractivity contribution in [3.8, 4) is 0 Å². The van der Waals surface area contributed by atoms with Crippen LogP contribution in [-0.2, 0) is 4.74 Å². The predicted octanol–water partition coefficient (Wildman–Crippen LogP) is 3.94. The van der Waals surface area contributed by atoms with Crippen LogP contribution >= 0.6 is 15.9 Å². The van der Waals surface area contributed by atoms with Gasteiger partial charge in [-0.3, -0.25) is 0 Å². The van der Waals surface area contributed by atoms with Gasteiger partial charge in [-0.1, -0.05) is 31.5 Å². The van der Waals surface area contributed by atoms with E-state index in [1.807, 2.05) is 37.3 Å². The number of esters is 1. The molecule has 6 heteroatoms. The highest BCUT2D eigenvalue weighted by atomic mass is 79.9. The molecule has 0 atom stereocenters. The van der Waals surface area contributed by atoms with Gasteiger partial charge in [0, 0.05) is 11.8 Å². The number of hydrogen-bond donors (Lipinski definition) is 1. The fourth-order valence-corrected chi connectivity index (χ4v) is 2.00. The molecule has 0 aliphatic rings. The maximum absolute atomic E-state index is 11.9. The van der Waals surface area contributed by atoms with E-state index in [9.17, 15) is 4.79 Å². The lowest BCUT2D eigenvalue weighted by Gasteiger charge is -2.07. The van der Waals surface area contributed by atoms with Crippen LogP contribution < -0.4 is 5.32 Å². The van der Waals surface area contributed by atoms with Crippen LogP contribution in [0.5, 0.6) is 0 Å². The van der Waals surface area contributed by atoms with E-state index in [4.69, 9.17) is 4.74 Å². The number of para-hydroxylation sites is 1. The van der Waals surface area contributed by atoms with Crippen LogP contribution in [0.2, 0.25) is 0 Å². The minimum atomic E-state index is -0.442. The van der Waals surface area contributed by atoms with Crippen molar-refractivity contribution in [2.75, 3.05) is 11.9 Å². The van der Waals surface area contributed by atoms with Crippen molar-refractivity contribution in [3.05, 3.63) is 46.7 Å². The Bertz CT molecular complexity index is 605. The Labute approximate surface area is 131 Å². The van der Waals surface area contributed by atoms with Crippen molar-refractivity contribution in [1.29, 1.82) is 0 Å². The van der Waals surface area contributed by atoms with E-state index in [-0.39, 0.29) is 5.69 Å². The number of unbranched alkanes of at least 4 members (excludes halogenated alkanes) is 1. The lowest BCUT2D eigenvalue weighted by molar-refractivity contribution is 0.0492. The van der Waals surface area contributed by atoms with E-state index in [1.165, 1.54) is 0 Å². The maximum atomic E-state index is 11.9. The summed E-state index contributed by atoms with van der Waals surface area (Å²) in [5.41, 5.74) is 1.08. The van der Waals surface area contributed by atoms with E-state index in [0.717, 1.165) is 18.5 Å². The first kappa shape index (κ1) is 15.4. The summed E-state index contributed by atoms with van der Waals surface area (Å²) in [6, 6.07) is 11.1. The average molecular weight is 350 g/mol. The molecule has 2 aromatic rings. The van der Waals surface area contributed by atoms with Crippen LogP contribution in [0.3, 0.4) is 0 Å². The molecule has 2 rings (SSSR count). The van der Waals surface area contributed by atoms with Crippen LogP contribution in [0.15, 0.2) is 41.0 Å². The zero-order chi connectivity index (χ0) is 15.1. The van der Waals surface area contributed by atoms with Gasteiger partial charge in [0.15, 0.2) is 5.69 Å². The highest BCUT2D eigenvalue weighted by molar-refractivity contribution is 9.10.